The van der Waals surface area contributed by atoms with E-state index >= 15 is 0 Å². The van der Waals surface area contributed by atoms with Crippen LogP contribution >= 0.6 is 0 Å². The predicted octanol–water partition coefficient (Wildman–Crippen LogP) is 11.9. The molecule has 238 valence electrons. The Morgan fingerprint density at radius 1 is 0.314 bits per heavy atom. The molecule has 0 N–H and O–H groups in total. The molecular weight excluding hydrogens is 621 g/mol. The zero-order chi connectivity index (χ0) is 33.7. The van der Waals surface area contributed by atoms with Crippen LogP contribution in [-0.2, 0) is 0 Å². The third kappa shape index (κ3) is 5.04. The number of aromatic nitrogens is 4. The second-order valence-corrected chi connectivity index (χ2v) is 12.9. The van der Waals surface area contributed by atoms with Crippen LogP contribution in [0.25, 0.3) is 94.3 Å². The summed E-state index contributed by atoms with van der Waals surface area (Å²) in [6.07, 6.45) is 0. The Kier molecular flexibility index (Phi) is 6.78. The minimum absolute atomic E-state index is 0.643. The van der Waals surface area contributed by atoms with Gasteiger partial charge in [-0.3, -0.25) is 0 Å². The van der Waals surface area contributed by atoms with Crippen molar-refractivity contribution in [2.75, 3.05) is 0 Å². The Balaban J connectivity index is 1.08. The molecule has 2 aromatic heterocycles. The maximum atomic E-state index is 4.94. The lowest BCUT2D eigenvalue weighted by atomic mass is 9.97. The van der Waals surface area contributed by atoms with Gasteiger partial charge in [-0.05, 0) is 81.2 Å². The van der Waals surface area contributed by atoms with Gasteiger partial charge in [0.25, 0.3) is 0 Å². The van der Waals surface area contributed by atoms with Crippen LogP contribution in [0.15, 0.2) is 182 Å². The van der Waals surface area contributed by atoms with E-state index in [0.29, 0.717) is 17.5 Å². The van der Waals surface area contributed by atoms with Gasteiger partial charge in [0.1, 0.15) is 0 Å². The van der Waals surface area contributed by atoms with Gasteiger partial charge in [-0.15, -0.1) is 0 Å². The van der Waals surface area contributed by atoms with Gasteiger partial charge >= 0.3 is 0 Å². The molecule has 0 bridgehead atoms. The Labute approximate surface area is 295 Å². The highest BCUT2D eigenvalue weighted by molar-refractivity contribution is 6.21. The molecule has 2 heterocycles. The molecule has 4 heteroatoms. The van der Waals surface area contributed by atoms with Crippen LogP contribution in [0.5, 0.6) is 0 Å². The fourth-order valence-electron chi connectivity index (χ4n) is 7.32. The van der Waals surface area contributed by atoms with Crippen LogP contribution in [0.4, 0.5) is 0 Å². The molecule has 0 amide bonds. The Hall–Kier alpha value is -6.91. The molecule has 8 aromatic carbocycles. The van der Waals surface area contributed by atoms with Crippen molar-refractivity contribution in [3.63, 3.8) is 0 Å². The lowest BCUT2D eigenvalue weighted by molar-refractivity contribution is 1.07. The maximum Gasteiger partial charge on any atom is 0.164 e. The summed E-state index contributed by atoms with van der Waals surface area (Å²) >= 11 is 0. The van der Waals surface area contributed by atoms with E-state index < -0.39 is 0 Å². The second-order valence-electron chi connectivity index (χ2n) is 12.9. The molecule has 0 saturated heterocycles. The summed E-state index contributed by atoms with van der Waals surface area (Å²) in [6, 6.07) is 64.1. The quantitative estimate of drug-likeness (QED) is 0.186. The molecule has 0 atom stereocenters. The van der Waals surface area contributed by atoms with Crippen molar-refractivity contribution < 1.29 is 0 Å². The molecule has 10 aromatic rings. The zero-order valence-corrected chi connectivity index (χ0v) is 27.6. The van der Waals surface area contributed by atoms with E-state index in [4.69, 9.17) is 15.0 Å². The third-order valence-corrected chi connectivity index (χ3v) is 9.82. The number of hydrogen-bond acceptors (Lipinski definition) is 3. The van der Waals surface area contributed by atoms with Crippen LogP contribution < -0.4 is 0 Å². The first-order valence-corrected chi connectivity index (χ1v) is 17.2. The molecule has 0 spiro atoms. The van der Waals surface area contributed by atoms with E-state index in [9.17, 15) is 0 Å². The lowest BCUT2D eigenvalue weighted by Gasteiger charge is -2.11. The van der Waals surface area contributed by atoms with Crippen LogP contribution in [0.2, 0.25) is 0 Å². The predicted molar refractivity (Wildman–Crippen MR) is 211 cm³/mol. The number of benzene rings is 8. The minimum atomic E-state index is 0.643. The number of nitrogens with zero attached hydrogens (tertiary/aromatic N) is 4. The molecule has 0 aliphatic carbocycles. The summed E-state index contributed by atoms with van der Waals surface area (Å²) in [5.41, 5.74) is 8.71. The van der Waals surface area contributed by atoms with Crippen LogP contribution in [0.1, 0.15) is 0 Å². The van der Waals surface area contributed by atoms with Crippen molar-refractivity contribution >= 4 is 43.4 Å². The largest absolute Gasteiger partial charge is 0.309 e. The van der Waals surface area contributed by atoms with Crippen molar-refractivity contribution in [1.82, 2.24) is 19.5 Å². The Morgan fingerprint density at radius 2 is 0.824 bits per heavy atom. The first kappa shape index (κ1) is 29.0. The van der Waals surface area contributed by atoms with Gasteiger partial charge in [-0.25, -0.2) is 15.0 Å². The normalized spacial score (nSPS) is 11.5. The van der Waals surface area contributed by atoms with E-state index in [1.165, 1.54) is 54.5 Å². The van der Waals surface area contributed by atoms with Crippen LogP contribution in [0, 0.1) is 0 Å². The summed E-state index contributed by atoms with van der Waals surface area (Å²) in [4.78, 5) is 14.7. The van der Waals surface area contributed by atoms with Crippen molar-refractivity contribution in [3.05, 3.63) is 182 Å². The minimum Gasteiger partial charge on any atom is -0.309 e. The summed E-state index contributed by atoms with van der Waals surface area (Å²) in [6.45, 7) is 0. The van der Waals surface area contributed by atoms with E-state index in [2.05, 4.69) is 126 Å². The van der Waals surface area contributed by atoms with Gasteiger partial charge in [0, 0.05) is 33.2 Å². The first-order valence-electron chi connectivity index (χ1n) is 17.2. The Bertz CT molecular complexity index is 2830. The average Bonchev–Trinajstić information content (AvgIpc) is 3.56. The summed E-state index contributed by atoms with van der Waals surface area (Å²) < 4.78 is 2.36. The highest BCUT2D eigenvalue weighted by Crippen LogP contribution is 2.38. The SMILES string of the molecule is c1ccc(-c2nc(-c3ccccc3)nc(-c3ccc(-n4c5ccccc5c5c6ccc(-c7ccc8ccccc8c7)cc6ccc54)cc3)n2)cc1. The van der Waals surface area contributed by atoms with Gasteiger partial charge in [-0.1, -0.05) is 133 Å². The summed E-state index contributed by atoms with van der Waals surface area (Å²) in [5, 5.41) is 7.48. The van der Waals surface area contributed by atoms with Crippen molar-refractivity contribution in [2.45, 2.75) is 0 Å². The molecule has 0 fully saturated rings. The average molecular weight is 651 g/mol. The molecule has 0 unspecified atom stereocenters. The number of hydrogen-bond donors (Lipinski definition) is 0. The summed E-state index contributed by atoms with van der Waals surface area (Å²) in [5.74, 6) is 1.95. The molecule has 0 radical (unpaired) electrons. The van der Waals surface area contributed by atoms with Gasteiger partial charge in [0.15, 0.2) is 17.5 Å². The fraction of sp³-hybridized carbons (Fsp3) is 0. The standard InChI is InChI=1S/C47H30N4/c1-3-12-32(13-4-1)45-48-46(33-14-5-2-6-15-33)50-47(49-45)34-21-25-39(26-22-34)51-42-18-10-9-17-41(42)44-40-27-23-37(30-38(40)24-28-43(44)51)36-20-19-31-11-7-8-16-35(31)29-36/h1-30H. The number of para-hydroxylation sites is 1. The molecule has 10 rings (SSSR count). The summed E-state index contributed by atoms with van der Waals surface area (Å²) in [7, 11) is 0. The fourth-order valence-corrected chi connectivity index (χ4v) is 7.32. The van der Waals surface area contributed by atoms with Gasteiger partial charge in [-0.2, -0.15) is 0 Å². The molecule has 0 aliphatic rings. The van der Waals surface area contributed by atoms with Crippen molar-refractivity contribution in [2.24, 2.45) is 0 Å². The van der Waals surface area contributed by atoms with Gasteiger partial charge in [0.2, 0.25) is 0 Å². The molecule has 51 heavy (non-hydrogen) atoms. The Morgan fingerprint density at radius 3 is 1.51 bits per heavy atom. The molecule has 0 saturated carbocycles. The van der Waals surface area contributed by atoms with E-state index in [-0.39, 0.29) is 0 Å². The number of fused-ring (bicyclic) bond motifs is 6. The first-order chi connectivity index (χ1) is 25.3. The zero-order valence-electron chi connectivity index (χ0n) is 27.6. The second kappa shape index (κ2) is 11.9. The lowest BCUT2D eigenvalue weighted by Crippen LogP contribution is -2.00. The highest BCUT2D eigenvalue weighted by atomic mass is 15.0. The number of rotatable bonds is 5. The molecule has 0 aliphatic heterocycles. The van der Waals surface area contributed by atoms with E-state index in [1.807, 2.05) is 60.7 Å². The van der Waals surface area contributed by atoms with Crippen molar-refractivity contribution in [1.29, 1.82) is 0 Å². The van der Waals surface area contributed by atoms with Crippen molar-refractivity contribution in [3.8, 4) is 51.0 Å². The molecule has 4 nitrogen and oxygen atoms in total. The topological polar surface area (TPSA) is 43.6 Å². The highest BCUT2D eigenvalue weighted by Gasteiger charge is 2.17. The smallest absolute Gasteiger partial charge is 0.164 e. The van der Waals surface area contributed by atoms with Crippen LogP contribution in [0.3, 0.4) is 0 Å². The monoisotopic (exact) mass is 650 g/mol. The maximum absolute atomic E-state index is 4.94. The third-order valence-electron chi connectivity index (χ3n) is 9.82. The molecular formula is C47H30N4. The van der Waals surface area contributed by atoms with Gasteiger partial charge < -0.3 is 4.57 Å². The van der Waals surface area contributed by atoms with E-state index in [0.717, 1.165) is 22.4 Å². The van der Waals surface area contributed by atoms with Gasteiger partial charge in [0.05, 0.1) is 11.0 Å². The van der Waals surface area contributed by atoms with Crippen LogP contribution in [-0.4, -0.2) is 19.5 Å². The van der Waals surface area contributed by atoms with E-state index in [1.54, 1.807) is 0 Å².